The molecule has 2 aromatic rings. The lowest BCUT2D eigenvalue weighted by atomic mass is 10.0. The Morgan fingerprint density at radius 1 is 1.14 bits per heavy atom. The van der Waals surface area contributed by atoms with E-state index in [1.54, 1.807) is 14.0 Å². The molecule has 0 saturated carbocycles. The van der Waals surface area contributed by atoms with Gasteiger partial charge in [0.25, 0.3) is 5.56 Å². The van der Waals surface area contributed by atoms with E-state index in [4.69, 9.17) is 10.5 Å². The third kappa shape index (κ3) is 4.80. The molecule has 1 heterocycles. The number of likely N-dealkylation sites (N-methyl/N-ethyl adjacent to an activating group) is 1. The first-order valence-corrected chi connectivity index (χ1v) is 9.18. The largest absolute Gasteiger partial charge is 0.465 e. The maximum absolute atomic E-state index is 12.8. The van der Waals surface area contributed by atoms with Crippen molar-refractivity contribution in [3.05, 3.63) is 62.3 Å². The third-order valence-electron chi connectivity index (χ3n) is 4.74. The minimum Gasteiger partial charge on any atom is -0.465 e. The summed E-state index contributed by atoms with van der Waals surface area (Å²) < 4.78 is 7.03. The van der Waals surface area contributed by atoms with Gasteiger partial charge in [0.1, 0.15) is 17.4 Å². The molecule has 1 atom stereocenters. The van der Waals surface area contributed by atoms with Crippen molar-refractivity contribution >= 4 is 17.6 Å². The van der Waals surface area contributed by atoms with E-state index >= 15 is 0 Å². The molecule has 29 heavy (non-hydrogen) atoms. The second kappa shape index (κ2) is 9.33. The van der Waals surface area contributed by atoms with Crippen LogP contribution in [0.3, 0.4) is 0 Å². The van der Waals surface area contributed by atoms with Crippen molar-refractivity contribution in [1.29, 1.82) is 0 Å². The van der Waals surface area contributed by atoms with Crippen LogP contribution in [0.4, 0.5) is 5.82 Å². The highest BCUT2D eigenvalue weighted by atomic mass is 16.5. The number of nitrogens with two attached hydrogens (primary N) is 1. The number of nitrogens with zero attached hydrogens (tertiary/aromatic N) is 3. The standard InChI is InChI=1S/C20H26N4O5/c1-5-29-19(27)14(11-13-9-7-6-8-10-13)22(2)12-15(25)16-17(21)23(3)20(28)24(4)18(16)26/h6-10,14H,5,11-12,21H2,1-4H3. The lowest BCUT2D eigenvalue weighted by Crippen LogP contribution is -2.46. The first-order chi connectivity index (χ1) is 13.7. The summed E-state index contributed by atoms with van der Waals surface area (Å²) in [6, 6.07) is 8.62. The van der Waals surface area contributed by atoms with Crippen LogP contribution in [0.5, 0.6) is 0 Å². The molecule has 0 fully saturated rings. The van der Waals surface area contributed by atoms with Crippen LogP contribution in [0.2, 0.25) is 0 Å². The lowest BCUT2D eigenvalue weighted by Gasteiger charge is -2.26. The first-order valence-electron chi connectivity index (χ1n) is 9.18. The van der Waals surface area contributed by atoms with Crippen LogP contribution in [0.25, 0.3) is 0 Å². The molecule has 9 heteroatoms. The maximum atomic E-state index is 12.8. The number of Topliss-reactive ketones (excluding diaryl/α,β-unsaturated/α-hetero) is 1. The van der Waals surface area contributed by atoms with Crippen molar-refractivity contribution in [3.63, 3.8) is 0 Å². The highest BCUT2D eigenvalue weighted by Gasteiger charge is 2.29. The van der Waals surface area contributed by atoms with Gasteiger partial charge in [0.15, 0.2) is 5.78 Å². The molecule has 0 aliphatic heterocycles. The van der Waals surface area contributed by atoms with E-state index in [1.807, 2.05) is 30.3 Å². The van der Waals surface area contributed by atoms with Crippen molar-refractivity contribution in [1.82, 2.24) is 14.0 Å². The molecule has 0 radical (unpaired) electrons. The second-order valence-electron chi connectivity index (χ2n) is 6.76. The fourth-order valence-electron chi connectivity index (χ4n) is 3.03. The maximum Gasteiger partial charge on any atom is 0.332 e. The summed E-state index contributed by atoms with van der Waals surface area (Å²) in [5.74, 6) is -1.25. The Labute approximate surface area is 168 Å². The highest BCUT2D eigenvalue weighted by molar-refractivity contribution is 6.01. The van der Waals surface area contributed by atoms with Gasteiger partial charge in [-0.25, -0.2) is 4.79 Å². The van der Waals surface area contributed by atoms with Crippen molar-refractivity contribution in [2.75, 3.05) is 25.9 Å². The Morgan fingerprint density at radius 2 is 1.76 bits per heavy atom. The van der Waals surface area contributed by atoms with Gasteiger partial charge < -0.3 is 10.5 Å². The van der Waals surface area contributed by atoms with E-state index in [-0.39, 0.29) is 24.5 Å². The molecule has 0 saturated heterocycles. The Morgan fingerprint density at radius 3 is 2.34 bits per heavy atom. The van der Waals surface area contributed by atoms with Crippen molar-refractivity contribution in [2.45, 2.75) is 19.4 Å². The molecule has 1 unspecified atom stereocenters. The molecule has 2 N–H and O–H groups in total. The van der Waals surface area contributed by atoms with Gasteiger partial charge in [-0.05, 0) is 26.0 Å². The van der Waals surface area contributed by atoms with Gasteiger partial charge in [0, 0.05) is 14.1 Å². The first kappa shape index (κ1) is 22.1. The van der Waals surface area contributed by atoms with Crippen LogP contribution in [-0.2, 0) is 30.0 Å². The monoisotopic (exact) mass is 402 g/mol. The number of ketones is 1. The zero-order valence-electron chi connectivity index (χ0n) is 17.0. The number of hydrogen-bond acceptors (Lipinski definition) is 7. The number of carbonyl (C=O) groups is 2. The van der Waals surface area contributed by atoms with Crippen LogP contribution >= 0.6 is 0 Å². The lowest BCUT2D eigenvalue weighted by molar-refractivity contribution is -0.148. The summed E-state index contributed by atoms with van der Waals surface area (Å²) in [6.45, 7) is 1.67. The molecule has 1 aromatic heterocycles. The average Bonchev–Trinajstić information content (AvgIpc) is 2.70. The SMILES string of the molecule is CCOC(=O)C(Cc1ccccc1)N(C)CC(=O)c1c(N)n(C)c(=O)n(C)c1=O. The number of ether oxygens (including phenoxy) is 1. The van der Waals surface area contributed by atoms with E-state index in [9.17, 15) is 19.2 Å². The summed E-state index contributed by atoms with van der Waals surface area (Å²) >= 11 is 0. The van der Waals surface area contributed by atoms with Gasteiger partial charge in [0.05, 0.1) is 13.2 Å². The quantitative estimate of drug-likeness (QED) is 0.486. The normalized spacial score (nSPS) is 12.0. The predicted molar refractivity (Wildman–Crippen MR) is 109 cm³/mol. The number of nitrogen functional groups attached to an aromatic ring is 1. The number of hydrogen-bond donors (Lipinski definition) is 1. The molecule has 1 aromatic carbocycles. The van der Waals surface area contributed by atoms with Crippen LogP contribution in [-0.4, -0.2) is 52.0 Å². The van der Waals surface area contributed by atoms with Crippen molar-refractivity contribution < 1.29 is 14.3 Å². The van der Waals surface area contributed by atoms with Gasteiger partial charge in [-0.3, -0.25) is 28.4 Å². The average molecular weight is 402 g/mol. The van der Waals surface area contributed by atoms with Crippen LogP contribution in [0.1, 0.15) is 22.8 Å². The smallest absolute Gasteiger partial charge is 0.332 e. The molecule has 0 amide bonds. The Hall–Kier alpha value is -3.20. The zero-order chi connectivity index (χ0) is 21.7. The number of benzene rings is 1. The third-order valence-corrected chi connectivity index (χ3v) is 4.74. The van der Waals surface area contributed by atoms with Gasteiger partial charge in [-0.2, -0.15) is 0 Å². The van der Waals surface area contributed by atoms with Gasteiger partial charge >= 0.3 is 11.7 Å². The van der Waals surface area contributed by atoms with E-state index in [0.29, 0.717) is 6.42 Å². The number of aromatic nitrogens is 2. The van der Waals surface area contributed by atoms with Gasteiger partial charge in [-0.15, -0.1) is 0 Å². The summed E-state index contributed by atoms with van der Waals surface area (Å²) in [4.78, 5) is 51.2. The highest BCUT2D eigenvalue weighted by Crippen LogP contribution is 2.12. The molecule has 0 aliphatic rings. The minimum atomic E-state index is -0.764. The van der Waals surface area contributed by atoms with Crippen molar-refractivity contribution in [2.24, 2.45) is 14.1 Å². The van der Waals surface area contributed by atoms with Crippen molar-refractivity contribution in [3.8, 4) is 0 Å². The van der Waals surface area contributed by atoms with E-state index in [0.717, 1.165) is 14.7 Å². The summed E-state index contributed by atoms with van der Waals surface area (Å²) in [5, 5.41) is 0. The van der Waals surface area contributed by atoms with Crippen LogP contribution in [0, 0.1) is 0 Å². The molecular formula is C20H26N4O5. The Balaban J connectivity index is 2.33. The van der Waals surface area contributed by atoms with Crippen LogP contribution < -0.4 is 17.0 Å². The summed E-state index contributed by atoms with van der Waals surface area (Å²) in [7, 11) is 4.26. The van der Waals surface area contributed by atoms with Crippen LogP contribution in [0.15, 0.2) is 39.9 Å². The zero-order valence-corrected chi connectivity index (χ0v) is 17.0. The summed E-state index contributed by atoms with van der Waals surface area (Å²) in [6.07, 6.45) is 0.338. The topological polar surface area (TPSA) is 117 Å². The predicted octanol–water partition coefficient (Wildman–Crippen LogP) is -0.0449. The Kier molecular flexibility index (Phi) is 7.11. The minimum absolute atomic E-state index is 0.202. The molecule has 0 aliphatic carbocycles. The molecule has 0 bridgehead atoms. The van der Waals surface area contributed by atoms with Gasteiger partial charge in [-0.1, -0.05) is 30.3 Å². The Bertz CT molecular complexity index is 1010. The molecule has 9 nitrogen and oxygen atoms in total. The number of anilines is 1. The molecule has 0 spiro atoms. The van der Waals surface area contributed by atoms with E-state index < -0.39 is 29.0 Å². The second-order valence-corrected chi connectivity index (χ2v) is 6.76. The molecule has 2 rings (SSSR count). The number of rotatable bonds is 8. The number of carbonyl (C=O) groups excluding carboxylic acids is 2. The fraction of sp³-hybridized carbons (Fsp3) is 0.400. The fourth-order valence-corrected chi connectivity index (χ4v) is 3.03. The number of esters is 1. The van der Waals surface area contributed by atoms with E-state index in [2.05, 4.69) is 0 Å². The van der Waals surface area contributed by atoms with Gasteiger partial charge in [0.2, 0.25) is 0 Å². The molecular weight excluding hydrogens is 376 g/mol. The van der Waals surface area contributed by atoms with E-state index in [1.165, 1.54) is 19.0 Å². The summed E-state index contributed by atoms with van der Waals surface area (Å²) in [5.41, 5.74) is 5.10. The molecule has 156 valence electrons.